The Balaban J connectivity index is 1.62. The van der Waals surface area contributed by atoms with E-state index in [-0.39, 0.29) is 23.1 Å². The van der Waals surface area contributed by atoms with Crippen molar-refractivity contribution in [1.82, 2.24) is 15.2 Å². The molecule has 1 unspecified atom stereocenters. The lowest BCUT2D eigenvalue weighted by molar-refractivity contribution is -0.385. The molecule has 0 radical (unpaired) electrons. The van der Waals surface area contributed by atoms with Crippen molar-refractivity contribution in [3.63, 3.8) is 0 Å². The van der Waals surface area contributed by atoms with Crippen LogP contribution in [0.2, 0.25) is 0 Å². The van der Waals surface area contributed by atoms with E-state index >= 15 is 0 Å². The highest BCUT2D eigenvalue weighted by Gasteiger charge is 2.31. The van der Waals surface area contributed by atoms with Gasteiger partial charge in [0.25, 0.3) is 11.6 Å². The summed E-state index contributed by atoms with van der Waals surface area (Å²) in [5.74, 6) is -1.07. The van der Waals surface area contributed by atoms with Crippen LogP contribution in [0.3, 0.4) is 0 Å². The number of aromatic nitrogens is 1. The lowest BCUT2D eigenvalue weighted by Crippen LogP contribution is -2.56. The second-order valence-electron chi connectivity index (χ2n) is 7.62. The summed E-state index contributed by atoms with van der Waals surface area (Å²) < 4.78 is 13.9. The lowest BCUT2D eigenvalue weighted by atomic mass is 10.0. The predicted molar refractivity (Wildman–Crippen MR) is 112 cm³/mol. The van der Waals surface area contributed by atoms with Crippen molar-refractivity contribution < 1.29 is 18.9 Å². The van der Waals surface area contributed by atoms with Crippen molar-refractivity contribution in [1.29, 1.82) is 0 Å². The third kappa shape index (κ3) is 5.14. The van der Waals surface area contributed by atoms with Crippen LogP contribution in [0.5, 0.6) is 0 Å². The molecule has 2 heterocycles. The molecule has 1 aliphatic heterocycles. The number of benzene rings is 1. The van der Waals surface area contributed by atoms with Crippen molar-refractivity contribution in [3.8, 4) is 0 Å². The fraction of sp³-hybridized carbons (Fsp3) is 0.381. The van der Waals surface area contributed by atoms with Gasteiger partial charge in [-0.15, -0.1) is 0 Å². The van der Waals surface area contributed by atoms with E-state index in [1.54, 1.807) is 17.0 Å². The Labute approximate surface area is 179 Å². The lowest BCUT2D eigenvalue weighted by Gasteiger charge is -2.37. The van der Waals surface area contributed by atoms with E-state index in [9.17, 15) is 24.1 Å². The Hall–Kier alpha value is -3.56. The van der Waals surface area contributed by atoms with E-state index in [1.165, 1.54) is 30.5 Å². The number of hydrogen-bond acceptors (Lipinski definition) is 6. The smallest absolute Gasteiger partial charge is 0.287 e. The number of amides is 2. The number of rotatable bonds is 6. The topological polar surface area (TPSA) is 109 Å². The molecule has 2 aromatic rings. The molecule has 1 aromatic carbocycles. The predicted octanol–water partition coefficient (Wildman–Crippen LogP) is 2.23. The Bertz CT molecular complexity index is 958. The zero-order valence-electron chi connectivity index (χ0n) is 17.3. The number of nitro groups is 1. The minimum absolute atomic E-state index is 0.0806. The molecule has 1 N–H and O–H groups in total. The summed E-state index contributed by atoms with van der Waals surface area (Å²) in [6, 6.07) is 7.84. The number of carbonyl (C=O) groups is 2. The van der Waals surface area contributed by atoms with Gasteiger partial charge in [-0.25, -0.2) is 9.37 Å². The van der Waals surface area contributed by atoms with Gasteiger partial charge in [-0.2, -0.15) is 0 Å². The summed E-state index contributed by atoms with van der Waals surface area (Å²) in [4.78, 5) is 43.5. The maximum absolute atomic E-state index is 13.9. The molecule has 9 nitrogen and oxygen atoms in total. The highest BCUT2D eigenvalue weighted by Crippen LogP contribution is 2.18. The molecule has 164 valence electrons. The van der Waals surface area contributed by atoms with Crippen LogP contribution in [0.1, 0.15) is 24.2 Å². The van der Waals surface area contributed by atoms with Gasteiger partial charge in [0, 0.05) is 32.2 Å². The molecule has 2 amide bonds. The van der Waals surface area contributed by atoms with Gasteiger partial charge >= 0.3 is 0 Å². The summed E-state index contributed by atoms with van der Waals surface area (Å²) in [6.45, 7) is 5.47. The molecular formula is C21H24FN5O4. The minimum atomic E-state index is -0.781. The third-order valence-electron chi connectivity index (χ3n) is 5.20. The molecule has 1 aromatic heterocycles. The van der Waals surface area contributed by atoms with E-state index in [1.807, 2.05) is 18.7 Å². The van der Waals surface area contributed by atoms with Crippen molar-refractivity contribution >= 4 is 23.3 Å². The molecule has 1 atom stereocenters. The Morgan fingerprint density at radius 2 is 1.81 bits per heavy atom. The fourth-order valence-electron chi connectivity index (χ4n) is 3.40. The van der Waals surface area contributed by atoms with E-state index < -0.39 is 22.7 Å². The van der Waals surface area contributed by atoms with Gasteiger partial charge in [0.1, 0.15) is 23.9 Å². The average Bonchev–Trinajstić information content (AvgIpc) is 2.77. The van der Waals surface area contributed by atoms with Gasteiger partial charge in [-0.3, -0.25) is 19.7 Å². The minimum Gasteiger partial charge on any atom is -0.353 e. The summed E-state index contributed by atoms with van der Waals surface area (Å²) in [6.07, 6.45) is 1.21. The van der Waals surface area contributed by atoms with E-state index in [2.05, 4.69) is 10.3 Å². The number of piperazine rings is 1. The van der Waals surface area contributed by atoms with Gasteiger partial charge in [-0.05, 0) is 24.1 Å². The van der Waals surface area contributed by atoms with Gasteiger partial charge in [-0.1, -0.05) is 26.0 Å². The first-order valence-electron chi connectivity index (χ1n) is 9.97. The second-order valence-corrected chi connectivity index (χ2v) is 7.62. The zero-order chi connectivity index (χ0) is 22.5. The van der Waals surface area contributed by atoms with Crippen molar-refractivity contribution in [2.75, 3.05) is 31.1 Å². The molecule has 0 saturated carbocycles. The van der Waals surface area contributed by atoms with Crippen LogP contribution >= 0.6 is 0 Å². The number of carbonyl (C=O) groups excluding carboxylic acids is 2. The number of halogens is 1. The van der Waals surface area contributed by atoms with Gasteiger partial charge in [0.2, 0.25) is 5.91 Å². The standard InChI is InChI=1S/C21H24FN5O4/c1-14(2)19(24-20(28)16-5-3-4-6-17(16)22)21(29)26-11-9-25(10-12-26)18-8-7-15(13-23-18)27(30)31/h3-8,13-14,19H,9-12H2,1-2H3,(H,24,28). The first kappa shape index (κ1) is 22.1. The number of hydrogen-bond donors (Lipinski definition) is 1. The van der Waals surface area contributed by atoms with Crippen LogP contribution < -0.4 is 10.2 Å². The highest BCUT2D eigenvalue weighted by molar-refractivity contribution is 5.97. The average molecular weight is 429 g/mol. The second kappa shape index (κ2) is 9.50. The molecule has 0 aliphatic carbocycles. The van der Waals surface area contributed by atoms with E-state index in [4.69, 9.17) is 0 Å². The maximum Gasteiger partial charge on any atom is 0.287 e. The van der Waals surface area contributed by atoms with Crippen molar-refractivity contribution in [2.45, 2.75) is 19.9 Å². The third-order valence-corrected chi connectivity index (χ3v) is 5.20. The molecule has 10 heteroatoms. The molecule has 0 spiro atoms. The molecular weight excluding hydrogens is 405 g/mol. The molecule has 1 aliphatic rings. The monoisotopic (exact) mass is 429 g/mol. The van der Waals surface area contributed by atoms with Crippen LogP contribution in [-0.4, -0.2) is 58.8 Å². The van der Waals surface area contributed by atoms with E-state index in [0.29, 0.717) is 32.0 Å². The van der Waals surface area contributed by atoms with Crippen LogP contribution in [0.25, 0.3) is 0 Å². The number of nitrogens with one attached hydrogen (secondary N) is 1. The fourth-order valence-corrected chi connectivity index (χ4v) is 3.40. The number of nitrogens with zero attached hydrogens (tertiary/aromatic N) is 4. The normalized spacial score (nSPS) is 15.0. The van der Waals surface area contributed by atoms with Gasteiger partial charge in [0.05, 0.1) is 10.5 Å². The Morgan fingerprint density at radius 3 is 2.35 bits per heavy atom. The van der Waals surface area contributed by atoms with Gasteiger partial charge < -0.3 is 15.1 Å². The number of anilines is 1. The SMILES string of the molecule is CC(C)C(NC(=O)c1ccccc1F)C(=O)N1CCN(c2ccc([N+](=O)[O-])cn2)CC1. The summed E-state index contributed by atoms with van der Waals surface area (Å²) in [5.41, 5.74) is -0.182. The molecule has 1 fully saturated rings. The number of pyridine rings is 1. The highest BCUT2D eigenvalue weighted by atomic mass is 19.1. The van der Waals surface area contributed by atoms with Crippen molar-refractivity contribution in [2.24, 2.45) is 5.92 Å². The largest absolute Gasteiger partial charge is 0.353 e. The maximum atomic E-state index is 13.9. The van der Waals surface area contributed by atoms with Crippen LogP contribution in [0.15, 0.2) is 42.6 Å². The summed E-state index contributed by atoms with van der Waals surface area (Å²) in [7, 11) is 0. The van der Waals surface area contributed by atoms with Crippen LogP contribution in [-0.2, 0) is 4.79 Å². The first-order chi connectivity index (χ1) is 14.8. The molecule has 0 bridgehead atoms. The van der Waals surface area contributed by atoms with Crippen molar-refractivity contribution in [3.05, 3.63) is 64.1 Å². The van der Waals surface area contributed by atoms with Gasteiger partial charge in [0.15, 0.2) is 0 Å². The van der Waals surface area contributed by atoms with E-state index in [0.717, 1.165) is 0 Å². The van der Waals surface area contributed by atoms with Crippen LogP contribution in [0, 0.1) is 21.8 Å². The molecule has 1 saturated heterocycles. The summed E-state index contributed by atoms with van der Waals surface area (Å²) in [5, 5.41) is 13.4. The summed E-state index contributed by atoms with van der Waals surface area (Å²) >= 11 is 0. The Kier molecular flexibility index (Phi) is 6.78. The molecule has 3 rings (SSSR count). The first-order valence-corrected chi connectivity index (χ1v) is 9.97. The quantitative estimate of drug-likeness (QED) is 0.557. The zero-order valence-corrected chi connectivity index (χ0v) is 17.3. The Morgan fingerprint density at radius 1 is 1.13 bits per heavy atom. The molecule has 31 heavy (non-hydrogen) atoms. The van der Waals surface area contributed by atoms with Crippen LogP contribution in [0.4, 0.5) is 15.9 Å².